The molecule has 0 aromatic heterocycles. The second kappa shape index (κ2) is 7.36. The van der Waals surface area contributed by atoms with Crippen molar-refractivity contribution < 1.29 is 14.2 Å². The van der Waals surface area contributed by atoms with E-state index in [9.17, 15) is 0 Å². The molecule has 0 aliphatic carbocycles. The topological polar surface area (TPSA) is 27.7 Å². The Morgan fingerprint density at radius 1 is 0.714 bits per heavy atom. The smallest absolute Gasteiger partial charge is 0.110 e. The highest BCUT2D eigenvalue weighted by Crippen LogP contribution is 2.17. The minimum absolute atomic E-state index is 0.00826. The van der Waals surface area contributed by atoms with E-state index in [2.05, 4.69) is 24.3 Å². The zero-order valence-corrected chi connectivity index (χ0v) is 12.0. The Hall–Kier alpha value is -1.68. The third kappa shape index (κ3) is 4.14. The van der Waals surface area contributed by atoms with Gasteiger partial charge in [0.2, 0.25) is 0 Å². The van der Waals surface area contributed by atoms with Crippen LogP contribution in [0.3, 0.4) is 0 Å². The van der Waals surface area contributed by atoms with Gasteiger partial charge in [-0.3, -0.25) is 0 Å². The highest BCUT2D eigenvalue weighted by atomic mass is 16.6. The molecule has 2 atom stereocenters. The van der Waals surface area contributed by atoms with Crippen LogP contribution in [0.25, 0.3) is 0 Å². The Kier molecular flexibility index (Phi) is 5.00. The monoisotopic (exact) mass is 284 g/mol. The van der Waals surface area contributed by atoms with Gasteiger partial charge in [0.25, 0.3) is 0 Å². The Morgan fingerprint density at radius 2 is 1.14 bits per heavy atom. The van der Waals surface area contributed by atoms with E-state index in [0.29, 0.717) is 26.4 Å². The Balaban J connectivity index is 1.49. The summed E-state index contributed by atoms with van der Waals surface area (Å²) in [5, 5.41) is 0. The molecular formula is C18H20O3. The van der Waals surface area contributed by atoms with Gasteiger partial charge < -0.3 is 14.2 Å². The van der Waals surface area contributed by atoms with Crippen LogP contribution < -0.4 is 0 Å². The number of ether oxygens (including phenoxy) is 3. The standard InChI is InChI=1S/C18H20O3/c1-3-7-15(8-4-1)11-20-17-13-19-14-18(17)21-12-16-9-5-2-6-10-16/h1-10,17-18H,11-14H2. The Labute approximate surface area is 125 Å². The largest absolute Gasteiger partial charge is 0.376 e. The van der Waals surface area contributed by atoms with Crippen LogP contribution in [-0.4, -0.2) is 25.4 Å². The third-order valence-corrected chi connectivity index (χ3v) is 3.59. The summed E-state index contributed by atoms with van der Waals surface area (Å²) in [4.78, 5) is 0. The van der Waals surface area contributed by atoms with Gasteiger partial charge in [-0.1, -0.05) is 60.7 Å². The van der Waals surface area contributed by atoms with Gasteiger partial charge in [-0.05, 0) is 11.1 Å². The van der Waals surface area contributed by atoms with Crippen LogP contribution in [0.1, 0.15) is 11.1 Å². The van der Waals surface area contributed by atoms with E-state index in [-0.39, 0.29) is 12.2 Å². The van der Waals surface area contributed by atoms with Gasteiger partial charge in [-0.15, -0.1) is 0 Å². The molecule has 1 aliphatic heterocycles. The predicted octanol–water partition coefficient (Wildman–Crippen LogP) is 3.19. The molecule has 0 saturated carbocycles. The van der Waals surface area contributed by atoms with Crippen LogP contribution in [0.5, 0.6) is 0 Å². The van der Waals surface area contributed by atoms with Gasteiger partial charge in [0.1, 0.15) is 12.2 Å². The fraction of sp³-hybridized carbons (Fsp3) is 0.333. The van der Waals surface area contributed by atoms with Crippen molar-refractivity contribution in [3.63, 3.8) is 0 Å². The van der Waals surface area contributed by atoms with Crippen LogP contribution in [0.15, 0.2) is 60.7 Å². The van der Waals surface area contributed by atoms with E-state index in [0.717, 1.165) is 0 Å². The molecule has 1 fully saturated rings. The Bertz CT molecular complexity index is 477. The average molecular weight is 284 g/mol. The van der Waals surface area contributed by atoms with E-state index < -0.39 is 0 Å². The summed E-state index contributed by atoms with van der Waals surface area (Å²) in [5.74, 6) is 0. The van der Waals surface area contributed by atoms with E-state index in [4.69, 9.17) is 14.2 Å². The zero-order valence-electron chi connectivity index (χ0n) is 12.0. The van der Waals surface area contributed by atoms with Gasteiger partial charge in [0, 0.05) is 0 Å². The maximum atomic E-state index is 5.94. The molecule has 0 spiro atoms. The molecule has 0 amide bonds. The lowest BCUT2D eigenvalue weighted by Gasteiger charge is -2.19. The fourth-order valence-electron chi connectivity index (χ4n) is 2.38. The first-order chi connectivity index (χ1) is 10.4. The van der Waals surface area contributed by atoms with Crippen molar-refractivity contribution in [3.8, 4) is 0 Å². The van der Waals surface area contributed by atoms with Crippen molar-refractivity contribution in [1.29, 1.82) is 0 Å². The molecule has 0 bridgehead atoms. The summed E-state index contributed by atoms with van der Waals surface area (Å²) >= 11 is 0. The van der Waals surface area contributed by atoms with Crippen LogP contribution >= 0.6 is 0 Å². The maximum absolute atomic E-state index is 5.94. The van der Waals surface area contributed by atoms with E-state index in [1.807, 2.05) is 36.4 Å². The molecule has 1 aliphatic rings. The molecule has 3 rings (SSSR count). The first kappa shape index (κ1) is 14.3. The summed E-state index contributed by atoms with van der Waals surface area (Å²) < 4.78 is 17.4. The summed E-state index contributed by atoms with van der Waals surface area (Å²) in [5.41, 5.74) is 2.34. The van der Waals surface area contributed by atoms with Crippen molar-refractivity contribution in [1.82, 2.24) is 0 Å². The third-order valence-electron chi connectivity index (χ3n) is 3.59. The molecule has 1 heterocycles. The summed E-state index contributed by atoms with van der Waals surface area (Å²) in [6, 6.07) is 20.4. The number of benzene rings is 2. The van der Waals surface area contributed by atoms with Crippen molar-refractivity contribution in [2.24, 2.45) is 0 Å². The van der Waals surface area contributed by atoms with E-state index in [1.165, 1.54) is 11.1 Å². The second-order valence-electron chi connectivity index (χ2n) is 5.21. The lowest BCUT2D eigenvalue weighted by molar-refractivity contribution is -0.0591. The SMILES string of the molecule is c1ccc(COC2COCC2OCc2ccccc2)cc1. The lowest BCUT2D eigenvalue weighted by atomic mass is 10.2. The predicted molar refractivity (Wildman–Crippen MR) is 80.9 cm³/mol. The molecule has 1 saturated heterocycles. The second-order valence-corrected chi connectivity index (χ2v) is 5.21. The van der Waals surface area contributed by atoms with E-state index >= 15 is 0 Å². The quantitative estimate of drug-likeness (QED) is 0.815. The van der Waals surface area contributed by atoms with Gasteiger partial charge in [-0.25, -0.2) is 0 Å². The molecule has 110 valence electrons. The number of hydrogen-bond acceptors (Lipinski definition) is 3. The minimum atomic E-state index is 0.00826. The number of rotatable bonds is 6. The van der Waals surface area contributed by atoms with Crippen LogP contribution in [0, 0.1) is 0 Å². The molecule has 0 radical (unpaired) electrons. The lowest BCUT2D eigenvalue weighted by Crippen LogP contribution is -2.29. The zero-order chi connectivity index (χ0) is 14.3. The van der Waals surface area contributed by atoms with Gasteiger partial charge in [-0.2, -0.15) is 0 Å². The summed E-state index contributed by atoms with van der Waals surface area (Å²) in [7, 11) is 0. The minimum Gasteiger partial charge on any atom is -0.376 e. The average Bonchev–Trinajstić information content (AvgIpc) is 3.00. The molecular weight excluding hydrogens is 264 g/mol. The van der Waals surface area contributed by atoms with E-state index in [1.54, 1.807) is 0 Å². The maximum Gasteiger partial charge on any atom is 0.110 e. The van der Waals surface area contributed by atoms with Crippen LogP contribution in [0.2, 0.25) is 0 Å². The van der Waals surface area contributed by atoms with Crippen molar-refractivity contribution in [2.45, 2.75) is 25.4 Å². The van der Waals surface area contributed by atoms with Gasteiger partial charge in [0.05, 0.1) is 26.4 Å². The normalized spacial score (nSPS) is 21.5. The first-order valence-corrected chi connectivity index (χ1v) is 7.30. The molecule has 2 unspecified atom stereocenters. The highest BCUT2D eigenvalue weighted by molar-refractivity contribution is 5.14. The molecule has 0 N–H and O–H groups in total. The van der Waals surface area contributed by atoms with Crippen LogP contribution in [-0.2, 0) is 27.4 Å². The van der Waals surface area contributed by atoms with Gasteiger partial charge in [0.15, 0.2) is 0 Å². The van der Waals surface area contributed by atoms with Crippen molar-refractivity contribution in [3.05, 3.63) is 71.8 Å². The molecule has 3 heteroatoms. The summed E-state index contributed by atoms with van der Waals surface area (Å²) in [6.45, 7) is 2.40. The van der Waals surface area contributed by atoms with Crippen molar-refractivity contribution >= 4 is 0 Å². The fourth-order valence-corrected chi connectivity index (χ4v) is 2.38. The Morgan fingerprint density at radius 3 is 1.57 bits per heavy atom. The van der Waals surface area contributed by atoms with Gasteiger partial charge >= 0.3 is 0 Å². The molecule has 21 heavy (non-hydrogen) atoms. The molecule has 3 nitrogen and oxygen atoms in total. The summed E-state index contributed by atoms with van der Waals surface area (Å²) in [6.07, 6.45) is 0.0165. The molecule has 2 aromatic rings. The van der Waals surface area contributed by atoms with Crippen LogP contribution in [0.4, 0.5) is 0 Å². The molecule has 2 aromatic carbocycles. The highest BCUT2D eigenvalue weighted by Gasteiger charge is 2.29. The first-order valence-electron chi connectivity index (χ1n) is 7.30. The number of hydrogen-bond donors (Lipinski definition) is 0. The van der Waals surface area contributed by atoms with Crippen molar-refractivity contribution in [2.75, 3.05) is 13.2 Å².